The number of aryl methyl sites for hydroxylation is 1. The summed E-state index contributed by atoms with van der Waals surface area (Å²) in [5.74, 6) is -0.433. The first-order valence-corrected chi connectivity index (χ1v) is 8.39. The molecule has 5 nitrogen and oxygen atoms in total. The third-order valence-electron chi connectivity index (χ3n) is 3.44. The molecule has 2 aromatic carbocycles. The van der Waals surface area contributed by atoms with Crippen LogP contribution in [0.1, 0.15) is 11.1 Å². The zero-order chi connectivity index (χ0) is 16.4. The van der Waals surface area contributed by atoms with Crippen molar-refractivity contribution in [2.24, 2.45) is 0 Å². The van der Waals surface area contributed by atoms with E-state index in [2.05, 4.69) is 14.7 Å². The molecule has 0 aliphatic rings. The average molecular weight is 331 g/mol. The Balaban J connectivity index is 1.81. The predicted molar refractivity (Wildman–Crippen MR) is 84.7 cm³/mol. The van der Waals surface area contributed by atoms with Crippen molar-refractivity contribution in [2.45, 2.75) is 18.4 Å². The Kier molecular flexibility index (Phi) is 4.06. The number of fused-ring (bicyclic) bond motifs is 1. The lowest BCUT2D eigenvalue weighted by Crippen LogP contribution is -2.23. The highest BCUT2D eigenvalue weighted by molar-refractivity contribution is 7.89. The van der Waals surface area contributed by atoms with E-state index in [1.54, 1.807) is 30.6 Å². The molecule has 0 aliphatic heterocycles. The number of rotatable bonds is 4. The molecule has 0 fully saturated rings. The van der Waals surface area contributed by atoms with E-state index < -0.39 is 15.8 Å². The molecule has 3 aromatic rings. The van der Waals surface area contributed by atoms with Crippen molar-refractivity contribution < 1.29 is 12.8 Å². The van der Waals surface area contributed by atoms with Crippen LogP contribution in [0.2, 0.25) is 0 Å². The van der Waals surface area contributed by atoms with Crippen molar-refractivity contribution in [3.63, 3.8) is 0 Å². The molecule has 0 saturated carbocycles. The first kappa shape index (κ1) is 15.5. The summed E-state index contributed by atoms with van der Waals surface area (Å²) in [6.45, 7) is 1.64. The van der Waals surface area contributed by atoms with Crippen LogP contribution in [-0.2, 0) is 16.6 Å². The van der Waals surface area contributed by atoms with Gasteiger partial charge in [0.2, 0.25) is 10.0 Å². The molecule has 1 heterocycles. The summed E-state index contributed by atoms with van der Waals surface area (Å²) in [6, 6.07) is 9.06. The van der Waals surface area contributed by atoms with E-state index in [0.29, 0.717) is 5.52 Å². The molecule has 0 spiro atoms. The van der Waals surface area contributed by atoms with Gasteiger partial charge in [0.05, 0.1) is 15.9 Å². The number of hydrogen-bond donors (Lipinski definition) is 1. The van der Waals surface area contributed by atoms with Crippen LogP contribution in [0, 0.1) is 12.7 Å². The Morgan fingerprint density at radius 2 is 1.78 bits per heavy atom. The second-order valence-electron chi connectivity index (χ2n) is 5.11. The van der Waals surface area contributed by atoms with Crippen molar-refractivity contribution in [3.8, 4) is 0 Å². The summed E-state index contributed by atoms with van der Waals surface area (Å²) in [5.41, 5.74) is 2.49. The van der Waals surface area contributed by atoms with Gasteiger partial charge in [0.1, 0.15) is 5.82 Å². The molecule has 0 atom stereocenters. The Morgan fingerprint density at radius 1 is 1.04 bits per heavy atom. The van der Waals surface area contributed by atoms with Crippen LogP contribution >= 0.6 is 0 Å². The van der Waals surface area contributed by atoms with Crippen molar-refractivity contribution in [1.29, 1.82) is 0 Å². The lowest BCUT2D eigenvalue weighted by Gasteiger charge is -2.08. The van der Waals surface area contributed by atoms with Gasteiger partial charge in [-0.2, -0.15) is 0 Å². The van der Waals surface area contributed by atoms with Crippen LogP contribution in [0.15, 0.2) is 53.7 Å². The molecular weight excluding hydrogens is 317 g/mol. The zero-order valence-corrected chi connectivity index (χ0v) is 13.1. The summed E-state index contributed by atoms with van der Waals surface area (Å²) in [6.07, 6.45) is 3.18. The summed E-state index contributed by atoms with van der Waals surface area (Å²) in [4.78, 5) is 8.38. The highest BCUT2D eigenvalue weighted by Gasteiger charge is 2.15. The summed E-state index contributed by atoms with van der Waals surface area (Å²) < 4.78 is 40.3. The van der Waals surface area contributed by atoms with Crippen LogP contribution < -0.4 is 4.72 Å². The lowest BCUT2D eigenvalue weighted by molar-refractivity contribution is 0.579. The number of nitrogens with zero attached hydrogens (tertiary/aromatic N) is 2. The third kappa shape index (κ3) is 3.35. The minimum absolute atomic E-state index is 0.0389. The van der Waals surface area contributed by atoms with Crippen molar-refractivity contribution in [2.75, 3.05) is 0 Å². The summed E-state index contributed by atoms with van der Waals surface area (Å²) in [5, 5.41) is 0. The Morgan fingerprint density at radius 3 is 2.52 bits per heavy atom. The highest BCUT2D eigenvalue weighted by atomic mass is 32.2. The number of aromatic nitrogens is 2. The van der Waals surface area contributed by atoms with Crippen LogP contribution in [0.5, 0.6) is 0 Å². The summed E-state index contributed by atoms with van der Waals surface area (Å²) in [7, 11) is -3.70. The maximum atomic E-state index is 13.3. The van der Waals surface area contributed by atoms with Crippen LogP contribution in [0.3, 0.4) is 0 Å². The topological polar surface area (TPSA) is 72.0 Å². The van der Waals surface area contributed by atoms with Crippen LogP contribution in [0.4, 0.5) is 4.39 Å². The third-order valence-corrected chi connectivity index (χ3v) is 4.84. The van der Waals surface area contributed by atoms with Gasteiger partial charge in [-0.1, -0.05) is 6.07 Å². The van der Waals surface area contributed by atoms with Gasteiger partial charge in [-0.3, -0.25) is 9.97 Å². The van der Waals surface area contributed by atoms with Gasteiger partial charge in [0, 0.05) is 18.9 Å². The minimum Gasteiger partial charge on any atom is -0.253 e. The normalized spacial score (nSPS) is 11.7. The molecule has 0 aliphatic carbocycles. The maximum absolute atomic E-state index is 13.3. The van der Waals surface area contributed by atoms with Crippen molar-refractivity contribution in [3.05, 3.63) is 65.7 Å². The molecule has 0 unspecified atom stereocenters. The van der Waals surface area contributed by atoms with E-state index in [0.717, 1.165) is 17.1 Å². The van der Waals surface area contributed by atoms with Gasteiger partial charge in [-0.25, -0.2) is 17.5 Å². The van der Waals surface area contributed by atoms with Gasteiger partial charge in [-0.05, 0) is 48.4 Å². The number of halogens is 1. The molecule has 23 heavy (non-hydrogen) atoms. The SMILES string of the molecule is Cc1cc(S(=O)(=O)NCc2ccc3nccnc3c2)ccc1F. The molecule has 7 heteroatoms. The maximum Gasteiger partial charge on any atom is 0.240 e. The molecule has 0 bridgehead atoms. The molecule has 0 saturated heterocycles. The average Bonchev–Trinajstić information content (AvgIpc) is 2.55. The van der Waals surface area contributed by atoms with Crippen molar-refractivity contribution in [1.82, 2.24) is 14.7 Å². The molecule has 3 rings (SSSR count). The smallest absolute Gasteiger partial charge is 0.240 e. The monoisotopic (exact) mass is 331 g/mol. The Labute approximate surface area is 133 Å². The van der Waals surface area contributed by atoms with Gasteiger partial charge >= 0.3 is 0 Å². The van der Waals surface area contributed by atoms with Gasteiger partial charge in [0.15, 0.2) is 0 Å². The fourth-order valence-corrected chi connectivity index (χ4v) is 3.27. The quantitative estimate of drug-likeness (QED) is 0.797. The summed E-state index contributed by atoms with van der Waals surface area (Å²) >= 11 is 0. The van der Waals surface area contributed by atoms with Gasteiger partial charge in [-0.15, -0.1) is 0 Å². The van der Waals surface area contributed by atoms with E-state index in [-0.39, 0.29) is 17.0 Å². The molecule has 118 valence electrons. The largest absolute Gasteiger partial charge is 0.253 e. The highest BCUT2D eigenvalue weighted by Crippen LogP contribution is 2.15. The number of nitrogens with one attached hydrogen (secondary N) is 1. The number of benzene rings is 2. The minimum atomic E-state index is -3.70. The lowest BCUT2D eigenvalue weighted by atomic mass is 10.2. The van der Waals surface area contributed by atoms with E-state index in [1.807, 2.05) is 0 Å². The Bertz CT molecular complexity index is 974. The van der Waals surface area contributed by atoms with Crippen LogP contribution in [-0.4, -0.2) is 18.4 Å². The molecule has 0 amide bonds. The number of hydrogen-bond acceptors (Lipinski definition) is 4. The van der Waals surface area contributed by atoms with Gasteiger partial charge < -0.3 is 0 Å². The first-order chi connectivity index (χ1) is 11.0. The Hall–Kier alpha value is -2.38. The van der Waals surface area contributed by atoms with E-state index in [9.17, 15) is 12.8 Å². The standard InChI is InChI=1S/C16H14FN3O2S/c1-11-8-13(3-4-14(11)17)23(21,22)20-10-12-2-5-15-16(9-12)19-7-6-18-15/h2-9,20H,10H2,1H3. The predicted octanol–water partition coefficient (Wildman–Crippen LogP) is 2.56. The van der Waals surface area contributed by atoms with E-state index >= 15 is 0 Å². The first-order valence-electron chi connectivity index (χ1n) is 6.91. The fourth-order valence-electron chi connectivity index (χ4n) is 2.16. The molecule has 1 aromatic heterocycles. The molecule has 1 N–H and O–H groups in total. The molecular formula is C16H14FN3O2S. The van der Waals surface area contributed by atoms with Gasteiger partial charge in [0.25, 0.3) is 0 Å². The molecule has 0 radical (unpaired) electrons. The van der Waals surface area contributed by atoms with E-state index in [4.69, 9.17) is 0 Å². The number of sulfonamides is 1. The van der Waals surface area contributed by atoms with Crippen molar-refractivity contribution >= 4 is 21.1 Å². The zero-order valence-electron chi connectivity index (χ0n) is 12.3. The van der Waals surface area contributed by atoms with Crippen LogP contribution in [0.25, 0.3) is 11.0 Å². The second kappa shape index (κ2) is 6.02. The van der Waals surface area contributed by atoms with E-state index in [1.165, 1.54) is 19.1 Å². The fraction of sp³-hybridized carbons (Fsp3) is 0.125. The second-order valence-corrected chi connectivity index (χ2v) is 6.88.